The van der Waals surface area contributed by atoms with Crippen molar-refractivity contribution in [2.75, 3.05) is 4.90 Å². The lowest BCUT2D eigenvalue weighted by molar-refractivity contribution is 0.660. The Bertz CT molecular complexity index is 3540. The van der Waals surface area contributed by atoms with Crippen molar-refractivity contribution in [1.82, 2.24) is 0 Å². The zero-order valence-electron chi connectivity index (χ0n) is 33.8. The number of fused-ring (bicyclic) bond motifs is 12. The number of para-hydroxylation sites is 1. The molecule has 3 heteroatoms. The van der Waals surface area contributed by atoms with Gasteiger partial charge in [-0.3, -0.25) is 0 Å². The molecule has 0 spiro atoms. The van der Waals surface area contributed by atoms with Crippen LogP contribution in [-0.2, 0) is 10.8 Å². The number of rotatable bonds is 5. The van der Waals surface area contributed by atoms with Crippen molar-refractivity contribution in [2.24, 2.45) is 0 Å². The van der Waals surface area contributed by atoms with Crippen LogP contribution in [0.1, 0.15) is 47.2 Å². The van der Waals surface area contributed by atoms with Crippen LogP contribution in [0.2, 0.25) is 0 Å². The largest absolute Gasteiger partial charge is 0.456 e. The summed E-state index contributed by atoms with van der Waals surface area (Å²) in [4.78, 5) is 2.53. The van der Waals surface area contributed by atoms with E-state index in [0.29, 0.717) is 0 Å². The summed E-state index contributed by atoms with van der Waals surface area (Å²) in [6.45, 7) is 4.77. The van der Waals surface area contributed by atoms with Gasteiger partial charge >= 0.3 is 0 Å². The molecule has 13 rings (SSSR count). The molecule has 0 radical (unpaired) electrons. The van der Waals surface area contributed by atoms with Crippen LogP contribution in [-0.4, -0.2) is 0 Å². The second-order valence-electron chi connectivity index (χ2n) is 17.2. The second kappa shape index (κ2) is 12.7. The van der Waals surface area contributed by atoms with Crippen molar-refractivity contribution in [3.05, 3.63) is 234 Å². The summed E-state index contributed by atoms with van der Waals surface area (Å²) < 4.78 is 8.92. The highest BCUT2D eigenvalue weighted by Crippen LogP contribution is 2.58. The summed E-state index contributed by atoms with van der Waals surface area (Å²) in [5.74, 6) is 0. The van der Waals surface area contributed by atoms with Crippen molar-refractivity contribution in [3.8, 4) is 22.3 Å². The molecule has 61 heavy (non-hydrogen) atoms. The Kier molecular flexibility index (Phi) is 7.19. The zero-order valence-corrected chi connectivity index (χ0v) is 34.6. The molecule has 11 aromatic rings. The molecule has 2 aromatic heterocycles. The fourth-order valence-corrected chi connectivity index (χ4v) is 12.4. The molecule has 0 saturated carbocycles. The van der Waals surface area contributed by atoms with Crippen LogP contribution in [0.4, 0.5) is 17.1 Å². The van der Waals surface area contributed by atoms with Gasteiger partial charge < -0.3 is 9.32 Å². The molecular weight excluding hydrogens is 759 g/mol. The SMILES string of the molecule is CC1(C)c2ccccc2-c2cccc(N(c3ccc4oc5ccccc5c4c3)c3cccc4c3sc3ccc(C5(c6ccccc6)c6ccccc6-c6ccccc65)cc34)c21. The van der Waals surface area contributed by atoms with Crippen molar-refractivity contribution >= 4 is 70.5 Å². The van der Waals surface area contributed by atoms with Crippen molar-refractivity contribution < 1.29 is 4.42 Å². The van der Waals surface area contributed by atoms with Gasteiger partial charge in [-0.05, 0) is 104 Å². The molecule has 2 nitrogen and oxygen atoms in total. The van der Waals surface area contributed by atoms with Gasteiger partial charge in [0.25, 0.3) is 0 Å². The summed E-state index contributed by atoms with van der Waals surface area (Å²) in [7, 11) is 0. The van der Waals surface area contributed by atoms with E-state index in [4.69, 9.17) is 4.42 Å². The molecule has 0 aliphatic heterocycles. The molecular formula is C58H39NOS. The zero-order chi connectivity index (χ0) is 40.5. The molecule has 0 bridgehead atoms. The average Bonchev–Trinajstić information content (AvgIpc) is 4.03. The van der Waals surface area contributed by atoms with Crippen LogP contribution in [0.3, 0.4) is 0 Å². The topological polar surface area (TPSA) is 16.4 Å². The molecule has 0 fully saturated rings. The van der Waals surface area contributed by atoms with Crippen LogP contribution < -0.4 is 4.90 Å². The van der Waals surface area contributed by atoms with Gasteiger partial charge in [-0.25, -0.2) is 0 Å². The van der Waals surface area contributed by atoms with E-state index in [0.717, 1.165) is 27.6 Å². The number of anilines is 3. The third kappa shape index (κ3) is 4.67. The first-order chi connectivity index (χ1) is 30.0. The van der Waals surface area contributed by atoms with E-state index < -0.39 is 5.41 Å². The maximum absolute atomic E-state index is 6.38. The summed E-state index contributed by atoms with van der Waals surface area (Å²) in [6, 6.07) is 74.2. The summed E-state index contributed by atoms with van der Waals surface area (Å²) in [5, 5.41) is 4.78. The summed E-state index contributed by atoms with van der Waals surface area (Å²) >= 11 is 1.89. The first kappa shape index (κ1) is 34.6. The Labute approximate surface area is 358 Å². The van der Waals surface area contributed by atoms with Gasteiger partial charge in [0.1, 0.15) is 11.2 Å². The van der Waals surface area contributed by atoms with E-state index in [-0.39, 0.29) is 5.41 Å². The molecule has 2 aliphatic carbocycles. The predicted octanol–water partition coefficient (Wildman–Crippen LogP) is 16.1. The van der Waals surface area contributed by atoms with Gasteiger partial charge in [0.15, 0.2) is 0 Å². The van der Waals surface area contributed by atoms with Gasteiger partial charge in [0.05, 0.1) is 21.5 Å². The molecule has 0 saturated heterocycles. The third-order valence-corrected chi connectivity index (χ3v) is 14.9. The van der Waals surface area contributed by atoms with Crippen LogP contribution in [0, 0.1) is 0 Å². The first-order valence-electron chi connectivity index (χ1n) is 21.2. The number of nitrogens with zero attached hydrogens (tertiary/aromatic N) is 1. The van der Waals surface area contributed by atoms with Gasteiger partial charge in [0.2, 0.25) is 0 Å². The maximum Gasteiger partial charge on any atom is 0.135 e. The number of furan rings is 1. The predicted molar refractivity (Wildman–Crippen MR) is 256 cm³/mol. The smallest absolute Gasteiger partial charge is 0.135 e. The van der Waals surface area contributed by atoms with E-state index in [2.05, 4.69) is 213 Å². The standard InChI is InChI=1S/C58H39NOS/c1-57(2)47-24-10-6-20-41(47)43-22-14-27-50(55(43)57)59(38-31-32-53-45(35-38)42-21-9-13-29-52(42)60-53)51-28-15-23-44-46-34-37(30-33-54(46)61-56(44)51)58(36-16-4-3-5-17-36)48-25-11-7-18-39(48)40-19-8-12-26-49(40)58/h3-35H,1-2H3. The highest BCUT2D eigenvalue weighted by Gasteiger charge is 2.46. The lowest BCUT2D eigenvalue weighted by Gasteiger charge is -2.34. The number of benzene rings is 9. The normalized spacial score (nSPS) is 14.3. The maximum atomic E-state index is 6.38. The van der Waals surface area contributed by atoms with Gasteiger partial charge in [-0.2, -0.15) is 0 Å². The van der Waals surface area contributed by atoms with Gasteiger partial charge in [0, 0.05) is 37.3 Å². The van der Waals surface area contributed by atoms with Crippen molar-refractivity contribution in [3.63, 3.8) is 0 Å². The summed E-state index contributed by atoms with van der Waals surface area (Å²) in [6.07, 6.45) is 0. The summed E-state index contributed by atoms with van der Waals surface area (Å²) in [5.41, 5.74) is 17.7. The quantitative estimate of drug-likeness (QED) is 0.172. The molecule has 9 aromatic carbocycles. The number of thiophene rings is 1. The Morgan fingerprint density at radius 3 is 1.82 bits per heavy atom. The molecule has 288 valence electrons. The molecule has 2 heterocycles. The van der Waals surface area contributed by atoms with E-state index in [1.807, 2.05) is 17.4 Å². The van der Waals surface area contributed by atoms with Crippen molar-refractivity contribution in [2.45, 2.75) is 24.7 Å². The molecule has 0 N–H and O–H groups in total. The minimum Gasteiger partial charge on any atom is -0.456 e. The first-order valence-corrected chi connectivity index (χ1v) is 22.0. The molecule has 2 aliphatic rings. The highest BCUT2D eigenvalue weighted by molar-refractivity contribution is 7.26. The van der Waals surface area contributed by atoms with Crippen LogP contribution in [0.25, 0.3) is 64.4 Å². The van der Waals surface area contributed by atoms with Crippen LogP contribution in [0.5, 0.6) is 0 Å². The van der Waals surface area contributed by atoms with E-state index in [9.17, 15) is 0 Å². The number of hydrogen-bond donors (Lipinski definition) is 0. The fourth-order valence-electron chi connectivity index (χ4n) is 11.2. The Morgan fingerprint density at radius 1 is 0.426 bits per heavy atom. The average molecular weight is 798 g/mol. The third-order valence-electron chi connectivity index (χ3n) is 13.7. The molecule has 0 atom stereocenters. The molecule has 0 unspecified atom stereocenters. The van der Waals surface area contributed by atoms with E-state index in [1.54, 1.807) is 0 Å². The lowest BCUT2D eigenvalue weighted by atomic mass is 9.67. The minimum absolute atomic E-state index is 0.213. The van der Waals surface area contributed by atoms with Crippen LogP contribution >= 0.6 is 11.3 Å². The Hall–Kier alpha value is -7.20. The van der Waals surface area contributed by atoms with Gasteiger partial charge in [-0.1, -0.05) is 166 Å². The fraction of sp³-hybridized carbons (Fsp3) is 0.0690. The van der Waals surface area contributed by atoms with Crippen molar-refractivity contribution in [1.29, 1.82) is 0 Å². The monoisotopic (exact) mass is 797 g/mol. The van der Waals surface area contributed by atoms with E-state index in [1.165, 1.54) is 87.2 Å². The van der Waals surface area contributed by atoms with Gasteiger partial charge in [-0.15, -0.1) is 11.3 Å². The number of hydrogen-bond acceptors (Lipinski definition) is 3. The second-order valence-corrected chi connectivity index (χ2v) is 18.2. The Morgan fingerprint density at radius 2 is 1.03 bits per heavy atom. The van der Waals surface area contributed by atoms with E-state index >= 15 is 0 Å². The molecule has 0 amide bonds. The minimum atomic E-state index is -0.464. The van der Waals surface area contributed by atoms with Crippen LogP contribution in [0.15, 0.2) is 205 Å². The Balaban J connectivity index is 1.08. The highest BCUT2D eigenvalue weighted by atomic mass is 32.1. The lowest BCUT2D eigenvalue weighted by Crippen LogP contribution is -2.28.